The third-order valence-corrected chi connectivity index (χ3v) is 11.0. The summed E-state index contributed by atoms with van der Waals surface area (Å²) in [4.78, 5) is 20.6. The molecule has 0 N–H and O–H groups in total. The fraction of sp³-hybridized carbons (Fsp3) is 0. The number of nitrogens with zero attached hydrogens (tertiary/aromatic N) is 6. The van der Waals surface area contributed by atoms with Crippen LogP contribution in [0.1, 0.15) is 0 Å². The first-order chi connectivity index (χ1) is 25.3. The molecule has 51 heavy (non-hydrogen) atoms. The maximum Gasteiger partial charge on any atom is 0.238 e. The first-order valence-electron chi connectivity index (χ1n) is 16.9. The van der Waals surface area contributed by atoms with E-state index in [0.29, 0.717) is 17.6 Å². The van der Waals surface area contributed by atoms with Gasteiger partial charge in [-0.25, -0.2) is 9.97 Å². The molecule has 0 atom stereocenters. The van der Waals surface area contributed by atoms with Crippen molar-refractivity contribution in [3.05, 3.63) is 158 Å². The number of hydrogen-bond acceptors (Lipinski definition) is 5. The number of benzene rings is 6. The van der Waals surface area contributed by atoms with Crippen molar-refractivity contribution in [2.45, 2.75) is 0 Å². The van der Waals surface area contributed by atoms with E-state index < -0.39 is 0 Å². The van der Waals surface area contributed by atoms with Crippen molar-refractivity contribution in [3.63, 3.8) is 0 Å². The van der Waals surface area contributed by atoms with Gasteiger partial charge in [-0.05, 0) is 54.6 Å². The molecule has 0 amide bonds. The van der Waals surface area contributed by atoms with E-state index in [1.807, 2.05) is 47.9 Å². The van der Waals surface area contributed by atoms with E-state index in [1.165, 1.54) is 25.6 Å². The van der Waals surface area contributed by atoms with Gasteiger partial charge in [-0.2, -0.15) is 9.97 Å². The predicted octanol–water partition coefficient (Wildman–Crippen LogP) is 11.2. The number of pyridine rings is 1. The fourth-order valence-electron chi connectivity index (χ4n) is 7.60. The third-order valence-electron chi connectivity index (χ3n) is 9.85. The zero-order valence-electron chi connectivity index (χ0n) is 27.1. The van der Waals surface area contributed by atoms with Crippen molar-refractivity contribution in [1.29, 1.82) is 0 Å². The molecule has 0 unspecified atom stereocenters. The Morgan fingerprint density at radius 1 is 0.431 bits per heavy atom. The van der Waals surface area contributed by atoms with E-state index in [4.69, 9.17) is 19.9 Å². The summed E-state index contributed by atoms with van der Waals surface area (Å²) in [6, 6.07) is 52.9. The average Bonchev–Trinajstić information content (AvgIpc) is 3.84. The highest BCUT2D eigenvalue weighted by atomic mass is 32.1. The van der Waals surface area contributed by atoms with Crippen molar-refractivity contribution in [2.75, 3.05) is 0 Å². The summed E-state index contributed by atoms with van der Waals surface area (Å²) in [7, 11) is 0. The fourth-order valence-corrected chi connectivity index (χ4v) is 8.73. The van der Waals surface area contributed by atoms with Gasteiger partial charge in [0.15, 0.2) is 11.6 Å². The molecule has 0 radical (unpaired) electrons. The second-order valence-corrected chi connectivity index (χ2v) is 13.8. The van der Waals surface area contributed by atoms with Gasteiger partial charge in [-0.1, -0.05) is 97.1 Å². The minimum Gasteiger partial charge on any atom is -0.293 e. The molecule has 0 aliphatic rings. The summed E-state index contributed by atoms with van der Waals surface area (Å²) in [5, 5.41) is 7.06. The molecule has 0 saturated heterocycles. The first-order valence-corrected chi connectivity index (χ1v) is 17.7. The molecule has 238 valence electrons. The lowest BCUT2D eigenvalue weighted by Crippen LogP contribution is -2.08. The van der Waals surface area contributed by atoms with Gasteiger partial charge in [0.2, 0.25) is 5.95 Å². The van der Waals surface area contributed by atoms with Crippen molar-refractivity contribution in [2.24, 2.45) is 0 Å². The number of fused-ring (bicyclic) bond motifs is 9. The molecule has 6 aromatic carbocycles. The lowest BCUT2D eigenvalue weighted by molar-refractivity contribution is 0.952. The number of thiophene rings is 1. The highest BCUT2D eigenvalue weighted by molar-refractivity contribution is 7.25. The molecule has 6 nitrogen and oxygen atoms in total. The van der Waals surface area contributed by atoms with Crippen LogP contribution in [0.5, 0.6) is 0 Å². The molecular formula is C44H26N6S. The third kappa shape index (κ3) is 4.22. The SMILES string of the molecule is c1ccc(-c2nc(-c3ccccc3-n3c4ccccc4c4cccnc43)nc(-n3c4ccccc4c4cc5sc6ccccc6c5cc43)n2)cc1. The topological polar surface area (TPSA) is 61.4 Å². The number of rotatable bonds is 4. The number of aromatic nitrogens is 6. The minimum absolute atomic E-state index is 0.569. The lowest BCUT2D eigenvalue weighted by atomic mass is 10.1. The highest BCUT2D eigenvalue weighted by Crippen LogP contribution is 2.41. The van der Waals surface area contributed by atoms with Crippen molar-refractivity contribution in [1.82, 2.24) is 29.1 Å². The normalized spacial score (nSPS) is 11.9. The maximum absolute atomic E-state index is 5.34. The molecule has 0 bridgehead atoms. The van der Waals surface area contributed by atoms with Crippen LogP contribution >= 0.6 is 11.3 Å². The van der Waals surface area contributed by atoms with Crippen LogP contribution in [-0.2, 0) is 0 Å². The molecular weight excluding hydrogens is 645 g/mol. The first kappa shape index (κ1) is 28.2. The average molecular weight is 671 g/mol. The monoisotopic (exact) mass is 670 g/mol. The van der Waals surface area contributed by atoms with Crippen LogP contribution in [-0.4, -0.2) is 29.1 Å². The van der Waals surface area contributed by atoms with E-state index in [-0.39, 0.29) is 0 Å². The summed E-state index contributed by atoms with van der Waals surface area (Å²) in [6.07, 6.45) is 1.85. The Morgan fingerprint density at radius 3 is 1.96 bits per heavy atom. The van der Waals surface area contributed by atoms with Gasteiger partial charge in [0.25, 0.3) is 0 Å². The quantitative estimate of drug-likeness (QED) is 0.187. The largest absolute Gasteiger partial charge is 0.293 e. The molecule has 0 aliphatic heterocycles. The summed E-state index contributed by atoms with van der Waals surface area (Å²) in [5.74, 6) is 1.77. The molecule has 0 fully saturated rings. The zero-order chi connectivity index (χ0) is 33.5. The van der Waals surface area contributed by atoms with Gasteiger partial charge in [-0.3, -0.25) is 9.13 Å². The van der Waals surface area contributed by atoms with Gasteiger partial charge in [0.1, 0.15) is 5.65 Å². The van der Waals surface area contributed by atoms with E-state index >= 15 is 0 Å². The van der Waals surface area contributed by atoms with Gasteiger partial charge >= 0.3 is 0 Å². The Labute approximate surface area is 295 Å². The van der Waals surface area contributed by atoms with Crippen molar-refractivity contribution >= 4 is 75.3 Å². The Hall–Kier alpha value is -6.70. The van der Waals surface area contributed by atoms with Crippen molar-refractivity contribution in [3.8, 4) is 34.4 Å². The Bertz CT molecular complexity index is 3100. The van der Waals surface area contributed by atoms with Gasteiger partial charge in [-0.15, -0.1) is 11.3 Å². The summed E-state index contributed by atoms with van der Waals surface area (Å²) >= 11 is 1.83. The van der Waals surface area contributed by atoms with Crippen LogP contribution in [0.2, 0.25) is 0 Å². The van der Waals surface area contributed by atoms with Crippen molar-refractivity contribution < 1.29 is 0 Å². The van der Waals surface area contributed by atoms with Gasteiger partial charge < -0.3 is 0 Å². The molecule has 5 aromatic heterocycles. The second-order valence-electron chi connectivity index (χ2n) is 12.7. The van der Waals surface area contributed by atoms with Gasteiger partial charge in [0, 0.05) is 59.0 Å². The van der Waals surface area contributed by atoms with E-state index in [0.717, 1.165) is 55.2 Å². The molecule has 0 spiro atoms. The number of para-hydroxylation sites is 3. The van der Waals surface area contributed by atoms with Gasteiger partial charge in [0.05, 0.1) is 22.2 Å². The molecule has 0 aliphatic carbocycles. The predicted molar refractivity (Wildman–Crippen MR) is 210 cm³/mol. The van der Waals surface area contributed by atoms with Crippen LogP contribution in [0, 0.1) is 0 Å². The molecule has 5 heterocycles. The smallest absolute Gasteiger partial charge is 0.238 e. The highest BCUT2D eigenvalue weighted by Gasteiger charge is 2.22. The summed E-state index contributed by atoms with van der Waals surface area (Å²) in [5.41, 5.74) is 6.83. The Morgan fingerprint density at radius 2 is 1.10 bits per heavy atom. The van der Waals surface area contributed by atoms with Crippen LogP contribution in [0.25, 0.3) is 98.3 Å². The Kier molecular flexibility index (Phi) is 6.02. The van der Waals surface area contributed by atoms with E-state index in [1.54, 1.807) is 0 Å². The van der Waals surface area contributed by atoms with Crippen LogP contribution in [0.15, 0.2) is 158 Å². The van der Waals surface area contributed by atoms with E-state index in [9.17, 15) is 0 Å². The van der Waals surface area contributed by atoms with Crippen LogP contribution in [0.3, 0.4) is 0 Å². The molecule has 11 aromatic rings. The standard InChI is InChI=1S/C44H26N6S/c1-2-13-27(14-3-1)41-46-42(32-18-6-10-22-37(32)49-35-20-8-4-15-28(35)31-19-12-24-45-43(31)49)48-44(47-41)50-36-21-9-5-16-29(36)33-26-40-34(25-38(33)50)30-17-7-11-23-39(30)51-40/h1-26H. The Balaban J connectivity index is 1.23. The minimum atomic E-state index is 0.569. The summed E-state index contributed by atoms with van der Waals surface area (Å²) < 4.78 is 6.98. The zero-order valence-corrected chi connectivity index (χ0v) is 27.9. The maximum atomic E-state index is 5.34. The second kappa shape index (κ2) is 10.9. The van der Waals surface area contributed by atoms with Crippen LogP contribution < -0.4 is 0 Å². The molecule has 11 rings (SSSR count). The van der Waals surface area contributed by atoms with E-state index in [2.05, 4.69) is 130 Å². The molecule has 7 heteroatoms. The summed E-state index contributed by atoms with van der Waals surface area (Å²) in [6.45, 7) is 0. The van der Waals surface area contributed by atoms with Crippen LogP contribution in [0.4, 0.5) is 0 Å². The number of hydrogen-bond donors (Lipinski definition) is 0. The molecule has 0 saturated carbocycles. The lowest BCUT2D eigenvalue weighted by Gasteiger charge is -2.15.